The topological polar surface area (TPSA) is 35.0 Å². The molecule has 0 bridgehead atoms. The van der Waals surface area contributed by atoms with Crippen molar-refractivity contribution < 1.29 is 4.74 Å². The molecule has 1 aromatic heterocycles. The predicted octanol–water partition coefficient (Wildman–Crippen LogP) is 4.08. The molecule has 0 radical (unpaired) electrons. The van der Waals surface area contributed by atoms with E-state index < -0.39 is 0 Å². The van der Waals surface area contributed by atoms with Crippen molar-refractivity contribution in [2.24, 2.45) is 0 Å². The first-order valence-electron chi connectivity index (χ1n) is 5.01. The molecule has 17 heavy (non-hydrogen) atoms. The van der Waals surface area contributed by atoms with E-state index in [1.165, 1.54) is 0 Å². The average Bonchev–Trinajstić information content (AvgIpc) is 2.35. The number of aryl methyl sites for hydroxylation is 1. The van der Waals surface area contributed by atoms with Gasteiger partial charge in [-0.1, -0.05) is 15.9 Å². The molecule has 0 aliphatic rings. The quantitative estimate of drug-likeness (QED) is 0.801. The molecule has 1 aromatic carbocycles. The van der Waals surface area contributed by atoms with Crippen molar-refractivity contribution in [1.82, 2.24) is 10.2 Å². The Morgan fingerprint density at radius 2 is 2.06 bits per heavy atom. The van der Waals surface area contributed by atoms with Gasteiger partial charge in [0.2, 0.25) is 5.88 Å². The minimum absolute atomic E-state index is 0.352. The van der Waals surface area contributed by atoms with Gasteiger partial charge in [-0.2, -0.15) is 5.10 Å². The summed E-state index contributed by atoms with van der Waals surface area (Å²) in [4.78, 5) is 0. The molecule has 88 valence electrons. The lowest BCUT2D eigenvalue weighted by Gasteiger charge is -2.06. The third kappa shape index (κ3) is 3.17. The second-order valence-corrected chi connectivity index (χ2v) is 4.63. The van der Waals surface area contributed by atoms with Gasteiger partial charge >= 0.3 is 0 Å². The highest BCUT2D eigenvalue weighted by molar-refractivity contribution is 9.10. The number of benzene rings is 1. The van der Waals surface area contributed by atoms with Crippen LogP contribution in [-0.4, -0.2) is 10.2 Å². The van der Waals surface area contributed by atoms with Crippen LogP contribution in [-0.2, 0) is 5.88 Å². The highest BCUT2D eigenvalue weighted by Gasteiger charge is 2.02. The number of rotatable bonds is 3. The Labute approximate surface area is 113 Å². The molecule has 0 aliphatic carbocycles. The van der Waals surface area contributed by atoms with E-state index in [-0.39, 0.29) is 0 Å². The lowest BCUT2D eigenvalue weighted by atomic mass is 10.2. The number of nitrogens with zero attached hydrogens (tertiary/aromatic N) is 2. The van der Waals surface area contributed by atoms with Gasteiger partial charge in [0.1, 0.15) is 5.75 Å². The van der Waals surface area contributed by atoms with Crippen LogP contribution in [0.2, 0.25) is 0 Å². The Balaban J connectivity index is 2.16. The second-order valence-electron chi connectivity index (χ2n) is 3.51. The largest absolute Gasteiger partial charge is 0.438 e. The molecule has 2 aromatic rings. The Bertz CT molecular complexity index is 516. The maximum Gasteiger partial charge on any atom is 0.238 e. The van der Waals surface area contributed by atoms with Crippen molar-refractivity contribution >= 4 is 27.5 Å². The lowest BCUT2D eigenvalue weighted by molar-refractivity contribution is 0.454. The fraction of sp³-hybridized carbons (Fsp3) is 0.167. The van der Waals surface area contributed by atoms with Crippen LogP contribution in [0.3, 0.4) is 0 Å². The number of alkyl halides is 1. The molecule has 0 amide bonds. The van der Waals surface area contributed by atoms with Gasteiger partial charge in [0.25, 0.3) is 0 Å². The van der Waals surface area contributed by atoms with E-state index in [1.807, 2.05) is 25.1 Å². The minimum Gasteiger partial charge on any atom is -0.438 e. The summed E-state index contributed by atoms with van der Waals surface area (Å²) in [6.45, 7) is 2.00. The molecular formula is C12H10BrClN2O. The van der Waals surface area contributed by atoms with Crippen LogP contribution in [0.4, 0.5) is 0 Å². The van der Waals surface area contributed by atoms with E-state index in [9.17, 15) is 0 Å². The SMILES string of the molecule is Cc1cc(Oc2ccc(CCl)nn2)ccc1Br. The maximum atomic E-state index is 5.63. The van der Waals surface area contributed by atoms with Gasteiger partial charge in [-0.3, -0.25) is 0 Å². The van der Waals surface area contributed by atoms with Crippen LogP contribution in [0.15, 0.2) is 34.8 Å². The van der Waals surface area contributed by atoms with Crippen molar-refractivity contribution in [3.8, 4) is 11.6 Å². The Morgan fingerprint density at radius 3 is 2.65 bits per heavy atom. The zero-order valence-electron chi connectivity index (χ0n) is 9.15. The smallest absolute Gasteiger partial charge is 0.238 e. The molecule has 0 aliphatic heterocycles. The molecule has 3 nitrogen and oxygen atoms in total. The van der Waals surface area contributed by atoms with E-state index in [0.29, 0.717) is 11.8 Å². The molecule has 0 atom stereocenters. The number of hydrogen-bond acceptors (Lipinski definition) is 3. The second kappa shape index (κ2) is 5.47. The van der Waals surface area contributed by atoms with Gasteiger partial charge in [0.05, 0.1) is 11.6 Å². The number of aromatic nitrogens is 2. The van der Waals surface area contributed by atoms with Gasteiger partial charge < -0.3 is 4.74 Å². The Kier molecular flexibility index (Phi) is 3.97. The fourth-order valence-electron chi connectivity index (χ4n) is 1.27. The minimum atomic E-state index is 0.352. The summed E-state index contributed by atoms with van der Waals surface area (Å²) in [5, 5.41) is 7.85. The number of ether oxygens (including phenoxy) is 1. The van der Waals surface area contributed by atoms with Gasteiger partial charge in [0.15, 0.2) is 0 Å². The Morgan fingerprint density at radius 1 is 1.24 bits per heavy atom. The van der Waals surface area contributed by atoms with Gasteiger partial charge in [-0.15, -0.1) is 16.7 Å². The van der Waals surface area contributed by atoms with Crippen LogP contribution in [0, 0.1) is 6.92 Å². The van der Waals surface area contributed by atoms with Crippen LogP contribution in [0.5, 0.6) is 11.6 Å². The first-order valence-corrected chi connectivity index (χ1v) is 6.34. The fourth-order valence-corrected chi connectivity index (χ4v) is 1.66. The van der Waals surface area contributed by atoms with Crippen molar-refractivity contribution in [2.75, 3.05) is 0 Å². The van der Waals surface area contributed by atoms with Crippen LogP contribution in [0.1, 0.15) is 11.3 Å². The van der Waals surface area contributed by atoms with Crippen molar-refractivity contribution in [2.45, 2.75) is 12.8 Å². The highest BCUT2D eigenvalue weighted by atomic mass is 79.9. The number of hydrogen-bond donors (Lipinski definition) is 0. The zero-order chi connectivity index (χ0) is 12.3. The molecule has 0 N–H and O–H groups in total. The molecule has 0 fully saturated rings. The molecular weight excluding hydrogens is 304 g/mol. The summed E-state index contributed by atoms with van der Waals surface area (Å²) in [6, 6.07) is 9.28. The molecule has 5 heteroatoms. The van der Waals surface area contributed by atoms with Gasteiger partial charge in [-0.25, -0.2) is 0 Å². The summed E-state index contributed by atoms with van der Waals surface area (Å²) < 4.78 is 6.63. The molecule has 0 saturated heterocycles. The predicted molar refractivity (Wildman–Crippen MR) is 70.5 cm³/mol. The van der Waals surface area contributed by atoms with E-state index in [4.69, 9.17) is 16.3 Å². The summed E-state index contributed by atoms with van der Waals surface area (Å²) in [7, 11) is 0. The standard InChI is InChI=1S/C12H10BrClN2O/c1-8-6-10(3-4-11(8)13)17-12-5-2-9(7-14)15-16-12/h2-6H,7H2,1H3. The van der Waals surface area contributed by atoms with E-state index in [1.54, 1.807) is 12.1 Å². The summed E-state index contributed by atoms with van der Waals surface area (Å²) >= 11 is 9.06. The monoisotopic (exact) mass is 312 g/mol. The van der Waals surface area contributed by atoms with Crippen molar-refractivity contribution in [3.05, 3.63) is 46.1 Å². The average molecular weight is 314 g/mol. The first-order chi connectivity index (χ1) is 8.19. The highest BCUT2D eigenvalue weighted by Crippen LogP contribution is 2.24. The summed E-state index contributed by atoms with van der Waals surface area (Å²) in [6.07, 6.45) is 0. The molecule has 1 heterocycles. The van der Waals surface area contributed by atoms with Crippen LogP contribution < -0.4 is 4.74 Å². The third-order valence-corrected chi connectivity index (χ3v) is 3.35. The number of halogens is 2. The first kappa shape index (κ1) is 12.3. The molecule has 2 rings (SSSR count). The van der Waals surface area contributed by atoms with Gasteiger partial charge in [-0.05, 0) is 36.8 Å². The van der Waals surface area contributed by atoms with Crippen LogP contribution >= 0.6 is 27.5 Å². The lowest BCUT2D eigenvalue weighted by Crippen LogP contribution is -1.93. The van der Waals surface area contributed by atoms with Crippen molar-refractivity contribution in [1.29, 1.82) is 0 Å². The summed E-state index contributed by atoms with van der Waals surface area (Å²) in [5.74, 6) is 1.55. The molecule has 0 unspecified atom stereocenters. The zero-order valence-corrected chi connectivity index (χ0v) is 11.5. The normalized spacial score (nSPS) is 10.3. The van der Waals surface area contributed by atoms with Crippen LogP contribution in [0.25, 0.3) is 0 Å². The summed E-state index contributed by atoms with van der Waals surface area (Å²) in [5.41, 5.74) is 1.83. The Hall–Kier alpha value is -1.13. The third-order valence-electron chi connectivity index (χ3n) is 2.18. The molecule has 0 saturated carbocycles. The van der Waals surface area contributed by atoms with E-state index in [2.05, 4.69) is 26.1 Å². The maximum absolute atomic E-state index is 5.63. The van der Waals surface area contributed by atoms with E-state index in [0.717, 1.165) is 21.5 Å². The van der Waals surface area contributed by atoms with E-state index >= 15 is 0 Å². The van der Waals surface area contributed by atoms with Crippen molar-refractivity contribution in [3.63, 3.8) is 0 Å². The van der Waals surface area contributed by atoms with Gasteiger partial charge in [0, 0.05) is 10.5 Å². The molecule has 0 spiro atoms.